The SMILES string of the molecule is CCn1c(=O)n(CC(=O)N2CCN(C(=O)Cc3ccccn3)CC2)c2ccccc21. The molecule has 156 valence electrons. The Morgan fingerprint density at radius 1 is 0.867 bits per heavy atom. The summed E-state index contributed by atoms with van der Waals surface area (Å²) >= 11 is 0. The molecule has 4 rings (SSSR count). The lowest BCUT2D eigenvalue weighted by Crippen LogP contribution is -2.52. The number of carbonyl (C=O) groups excluding carboxylic acids is 2. The van der Waals surface area contributed by atoms with Gasteiger partial charge < -0.3 is 9.80 Å². The second-order valence-corrected chi connectivity index (χ2v) is 7.36. The monoisotopic (exact) mass is 407 g/mol. The summed E-state index contributed by atoms with van der Waals surface area (Å²) in [6.07, 6.45) is 1.94. The Hall–Kier alpha value is -3.42. The molecular weight excluding hydrogens is 382 g/mol. The van der Waals surface area contributed by atoms with Crippen molar-refractivity contribution in [3.05, 3.63) is 64.8 Å². The molecule has 2 amide bonds. The van der Waals surface area contributed by atoms with Gasteiger partial charge in [0, 0.05) is 44.6 Å². The Bertz CT molecular complexity index is 1110. The van der Waals surface area contributed by atoms with Gasteiger partial charge in [0.15, 0.2) is 0 Å². The Morgan fingerprint density at radius 3 is 2.07 bits per heavy atom. The van der Waals surface area contributed by atoms with Crippen molar-refractivity contribution in [2.45, 2.75) is 26.4 Å². The molecule has 3 aromatic rings. The van der Waals surface area contributed by atoms with E-state index < -0.39 is 0 Å². The minimum absolute atomic E-state index is 0.00816. The third-order valence-electron chi connectivity index (χ3n) is 5.58. The topological polar surface area (TPSA) is 80.4 Å². The molecule has 0 spiro atoms. The van der Waals surface area contributed by atoms with E-state index in [0.717, 1.165) is 16.7 Å². The summed E-state index contributed by atoms with van der Waals surface area (Å²) in [7, 11) is 0. The molecule has 0 unspecified atom stereocenters. The minimum Gasteiger partial charge on any atom is -0.339 e. The number of benzene rings is 1. The van der Waals surface area contributed by atoms with Crippen LogP contribution in [0.15, 0.2) is 53.5 Å². The van der Waals surface area contributed by atoms with E-state index in [1.54, 1.807) is 25.1 Å². The predicted octanol–water partition coefficient (Wildman–Crippen LogP) is 1.13. The van der Waals surface area contributed by atoms with Gasteiger partial charge in [-0.25, -0.2) is 4.79 Å². The average molecular weight is 407 g/mol. The average Bonchev–Trinajstić information content (AvgIpc) is 3.05. The Balaban J connectivity index is 1.40. The molecule has 0 saturated carbocycles. The fourth-order valence-corrected chi connectivity index (χ4v) is 3.94. The number of fused-ring (bicyclic) bond motifs is 1. The summed E-state index contributed by atoms with van der Waals surface area (Å²) in [4.78, 5) is 45.8. The second kappa shape index (κ2) is 8.52. The standard InChI is InChI=1S/C22H25N5O3/c1-2-26-18-8-3-4-9-19(18)27(22(26)30)16-21(29)25-13-11-24(12-14-25)20(28)15-17-7-5-6-10-23-17/h3-10H,2,11-16H2,1H3. The van der Waals surface area contributed by atoms with Gasteiger partial charge >= 0.3 is 5.69 Å². The highest BCUT2D eigenvalue weighted by Gasteiger charge is 2.25. The molecule has 1 aromatic carbocycles. The van der Waals surface area contributed by atoms with Crippen LogP contribution >= 0.6 is 0 Å². The van der Waals surface area contributed by atoms with Crippen molar-refractivity contribution in [2.75, 3.05) is 26.2 Å². The first-order chi connectivity index (χ1) is 14.6. The molecular formula is C22H25N5O3. The van der Waals surface area contributed by atoms with Crippen LogP contribution in [0.3, 0.4) is 0 Å². The van der Waals surface area contributed by atoms with Crippen LogP contribution in [0, 0.1) is 0 Å². The van der Waals surface area contributed by atoms with Crippen LogP contribution in [0.1, 0.15) is 12.6 Å². The molecule has 0 N–H and O–H groups in total. The van der Waals surface area contributed by atoms with Gasteiger partial charge in [-0.2, -0.15) is 0 Å². The third-order valence-corrected chi connectivity index (χ3v) is 5.58. The van der Waals surface area contributed by atoms with Crippen LogP contribution in [0.4, 0.5) is 0 Å². The van der Waals surface area contributed by atoms with E-state index in [2.05, 4.69) is 4.98 Å². The van der Waals surface area contributed by atoms with Crippen molar-refractivity contribution >= 4 is 22.8 Å². The number of aromatic nitrogens is 3. The molecule has 1 aliphatic heterocycles. The van der Waals surface area contributed by atoms with E-state index in [4.69, 9.17) is 0 Å². The van der Waals surface area contributed by atoms with Crippen LogP contribution in [0.25, 0.3) is 11.0 Å². The number of imidazole rings is 1. The Labute approximate surface area is 174 Å². The lowest BCUT2D eigenvalue weighted by molar-refractivity contribution is -0.139. The molecule has 1 saturated heterocycles. The number of hydrogen-bond donors (Lipinski definition) is 0. The molecule has 1 fully saturated rings. The highest BCUT2D eigenvalue weighted by atomic mass is 16.2. The first-order valence-electron chi connectivity index (χ1n) is 10.2. The molecule has 1 aliphatic rings. The number of aryl methyl sites for hydroxylation is 1. The Kier molecular flexibility index (Phi) is 5.65. The number of hydrogen-bond acceptors (Lipinski definition) is 4. The third kappa shape index (κ3) is 3.85. The predicted molar refractivity (Wildman–Crippen MR) is 113 cm³/mol. The fraction of sp³-hybridized carbons (Fsp3) is 0.364. The highest BCUT2D eigenvalue weighted by Crippen LogP contribution is 2.13. The van der Waals surface area contributed by atoms with Crippen molar-refractivity contribution in [1.29, 1.82) is 0 Å². The maximum Gasteiger partial charge on any atom is 0.329 e. The molecule has 0 aliphatic carbocycles. The minimum atomic E-state index is -0.170. The van der Waals surface area contributed by atoms with E-state index in [9.17, 15) is 14.4 Å². The van der Waals surface area contributed by atoms with E-state index in [1.807, 2.05) is 49.4 Å². The lowest BCUT2D eigenvalue weighted by Gasteiger charge is -2.34. The number of piperazine rings is 1. The molecule has 0 bridgehead atoms. The van der Waals surface area contributed by atoms with E-state index in [1.165, 1.54) is 0 Å². The first-order valence-corrected chi connectivity index (χ1v) is 10.2. The van der Waals surface area contributed by atoms with E-state index in [0.29, 0.717) is 32.7 Å². The zero-order valence-corrected chi connectivity index (χ0v) is 17.0. The van der Waals surface area contributed by atoms with Gasteiger partial charge in [-0.15, -0.1) is 0 Å². The zero-order chi connectivity index (χ0) is 21.1. The van der Waals surface area contributed by atoms with Crippen molar-refractivity contribution < 1.29 is 9.59 Å². The number of para-hydroxylation sites is 2. The molecule has 8 heteroatoms. The van der Waals surface area contributed by atoms with Crippen LogP contribution < -0.4 is 5.69 Å². The number of nitrogens with zero attached hydrogens (tertiary/aromatic N) is 5. The van der Waals surface area contributed by atoms with Gasteiger partial charge in [-0.1, -0.05) is 18.2 Å². The number of amides is 2. The normalized spacial score (nSPS) is 14.3. The molecule has 3 heterocycles. The summed E-state index contributed by atoms with van der Waals surface area (Å²) in [5.41, 5.74) is 2.17. The molecule has 2 aromatic heterocycles. The molecule has 0 atom stereocenters. The van der Waals surface area contributed by atoms with Crippen LogP contribution in [0.2, 0.25) is 0 Å². The number of pyridine rings is 1. The van der Waals surface area contributed by atoms with Crippen LogP contribution in [-0.4, -0.2) is 61.9 Å². The Morgan fingerprint density at radius 2 is 1.47 bits per heavy atom. The largest absolute Gasteiger partial charge is 0.339 e. The quantitative estimate of drug-likeness (QED) is 0.635. The van der Waals surface area contributed by atoms with Crippen LogP contribution in [0.5, 0.6) is 0 Å². The number of rotatable bonds is 5. The smallest absolute Gasteiger partial charge is 0.329 e. The van der Waals surface area contributed by atoms with Crippen molar-refractivity contribution in [3.8, 4) is 0 Å². The maximum atomic E-state index is 12.9. The first kappa shape index (κ1) is 19.9. The summed E-state index contributed by atoms with van der Waals surface area (Å²) < 4.78 is 3.22. The van der Waals surface area contributed by atoms with Crippen LogP contribution in [-0.2, 0) is 29.1 Å². The van der Waals surface area contributed by atoms with E-state index >= 15 is 0 Å². The second-order valence-electron chi connectivity index (χ2n) is 7.36. The number of carbonyl (C=O) groups is 2. The van der Waals surface area contributed by atoms with Gasteiger partial charge in [0.2, 0.25) is 11.8 Å². The lowest BCUT2D eigenvalue weighted by atomic mass is 10.2. The highest BCUT2D eigenvalue weighted by molar-refractivity contribution is 5.82. The van der Waals surface area contributed by atoms with Crippen molar-refractivity contribution in [2.24, 2.45) is 0 Å². The van der Waals surface area contributed by atoms with Gasteiger partial charge in [0.25, 0.3) is 0 Å². The summed E-state index contributed by atoms with van der Waals surface area (Å²) in [5.74, 6) is -0.0871. The van der Waals surface area contributed by atoms with Gasteiger partial charge in [-0.05, 0) is 31.2 Å². The summed E-state index contributed by atoms with van der Waals surface area (Å²) in [5, 5.41) is 0. The van der Waals surface area contributed by atoms with Crippen molar-refractivity contribution in [1.82, 2.24) is 23.9 Å². The van der Waals surface area contributed by atoms with Crippen molar-refractivity contribution in [3.63, 3.8) is 0 Å². The maximum absolute atomic E-state index is 12.9. The van der Waals surface area contributed by atoms with Gasteiger partial charge in [0.1, 0.15) is 6.54 Å². The van der Waals surface area contributed by atoms with E-state index in [-0.39, 0.29) is 30.5 Å². The fourth-order valence-electron chi connectivity index (χ4n) is 3.94. The van der Waals surface area contributed by atoms with Gasteiger partial charge in [0.05, 0.1) is 17.5 Å². The molecule has 8 nitrogen and oxygen atoms in total. The summed E-state index contributed by atoms with van der Waals surface area (Å²) in [6.45, 7) is 4.39. The van der Waals surface area contributed by atoms with Gasteiger partial charge in [-0.3, -0.25) is 23.7 Å². The summed E-state index contributed by atoms with van der Waals surface area (Å²) in [6, 6.07) is 13.0. The molecule has 0 radical (unpaired) electrons. The zero-order valence-electron chi connectivity index (χ0n) is 17.0. The molecule has 30 heavy (non-hydrogen) atoms.